The Morgan fingerprint density at radius 1 is 1.33 bits per heavy atom. The molecule has 6 heteroatoms. The minimum absolute atomic E-state index is 0.0491. The molecule has 0 saturated carbocycles. The van der Waals surface area contributed by atoms with Crippen molar-refractivity contribution in [1.82, 2.24) is 4.98 Å². The predicted octanol–water partition coefficient (Wildman–Crippen LogP) is 2.75. The van der Waals surface area contributed by atoms with Crippen molar-refractivity contribution in [3.05, 3.63) is 23.6 Å². The summed E-state index contributed by atoms with van der Waals surface area (Å²) in [7, 11) is 1.52. The lowest BCUT2D eigenvalue weighted by molar-refractivity contribution is 0.202. The fourth-order valence-corrected chi connectivity index (χ4v) is 1.58. The average Bonchev–Trinajstić information content (AvgIpc) is 2.35. The molecule has 0 radical (unpaired) electrons. The molecule has 0 aliphatic rings. The maximum Gasteiger partial charge on any atom is 0.251 e. The smallest absolute Gasteiger partial charge is 0.251 e. The fraction of sp³-hybridized carbons (Fsp3) is 0.583. The van der Waals surface area contributed by atoms with Crippen LogP contribution in [0.25, 0.3) is 0 Å². The van der Waals surface area contributed by atoms with E-state index < -0.39 is 17.6 Å². The second-order valence-electron chi connectivity index (χ2n) is 4.01. The standard InChI is InChI=1S/C12H17F3N2O/c1-4-8(2)17(5-6-18-3)12-10(14)7-9(13)11(15)16-12/h7-8H,4-6H2,1-3H3. The van der Waals surface area contributed by atoms with Crippen LogP contribution >= 0.6 is 0 Å². The largest absolute Gasteiger partial charge is 0.383 e. The zero-order valence-electron chi connectivity index (χ0n) is 10.7. The lowest BCUT2D eigenvalue weighted by Gasteiger charge is -2.29. The summed E-state index contributed by atoms with van der Waals surface area (Å²) in [6, 6.07) is 0.465. The van der Waals surface area contributed by atoms with E-state index in [1.807, 2.05) is 13.8 Å². The Bertz CT molecular complexity index is 401. The van der Waals surface area contributed by atoms with Crippen LogP contribution in [0.4, 0.5) is 19.0 Å². The maximum atomic E-state index is 13.7. The van der Waals surface area contributed by atoms with E-state index in [1.54, 1.807) is 4.90 Å². The molecular formula is C12H17F3N2O. The van der Waals surface area contributed by atoms with Gasteiger partial charge in [0.2, 0.25) is 0 Å². The van der Waals surface area contributed by atoms with Gasteiger partial charge in [0, 0.05) is 25.8 Å². The van der Waals surface area contributed by atoms with Gasteiger partial charge in [-0.1, -0.05) is 6.92 Å². The summed E-state index contributed by atoms with van der Waals surface area (Å²) >= 11 is 0. The first kappa shape index (κ1) is 14.8. The van der Waals surface area contributed by atoms with Crippen LogP contribution in [0.15, 0.2) is 6.07 Å². The summed E-state index contributed by atoms with van der Waals surface area (Å²) in [6.07, 6.45) is 0.726. The normalized spacial score (nSPS) is 12.6. The molecule has 1 heterocycles. The summed E-state index contributed by atoms with van der Waals surface area (Å²) < 4.78 is 44.5. The molecule has 0 aliphatic heterocycles. The highest BCUT2D eigenvalue weighted by atomic mass is 19.2. The van der Waals surface area contributed by atoms with Gasteiger partial charge in [-0.05, 0) is 13.3 Å². The third-order valence-electron chi connectivity index (χ3n) is 2.80. The van der Waals surface area contributed by atoms with Crippen molar-refractivity contribution in [2.45, 2.75) is 26.3 Å². The number of anilines is 1. The first-order valence-corrected chi connectivity index (χ1v) is 5.78. The molecule has 0 amide bonds. The van der Waals surface area contributed by atoms with E-state index >= 15 is 0 Å². The Hall–Kier alpha value is -1.30. The third-order valence-corrected chi connectivity index (χ3v) is 2.80. The van der Waals surface area contributed by atoms with Crippen molar-refractivity contribution in [1.29, 1.82) is 0 Å². The van der Waals surface area contributed by atoms with E-state index in [-0.39, 0.29) is 11.9 Å². The van der Waals surface area contributed by atoms with Gasteiger partial charge >= 0.3 is 0 Å². The minimum Gasteiger partial charge on any atom is -0.383 e. The zero-order chi connectivity index (χ0) is 13.7. The van der Waals surface area contributed by atoms with Crippen LogP contribution in [0.5, 0.6) is 0 Å². The molecule has 1 aromatic heterocycles. The third kappa shape index (κ3) is 3.35. The first-order valence-electron chi connectivity index (χ1n) is 5.78. The second kappa shape index (κ2) is 6.58. The highest BCUT2D eigenvalue weighted by Crippen LogP contribution is 2.21. The highest BCUT2D eigenvalue weighted by molar-refractivity contribution is 5.41. The molecule has 18 heavy (non-hydrogen) atoms. The van der Waals surface area contributed by atoms with Gasteiger partial charge in [0.25, 0.3) is 5.95 Å². The number of halogens is 3. The lowest BCUT2D eigenvalue weighted by atomic mass is 10.2. The van der Waals surface area contributed by atoms with Crippen LogP contribution in [0.1, 0.15) is 20.3 Å². The number of nitrogens with zero attached hydrogens (tertiary/aromatic N) is 2. The van der Waals surface area contributed by atoms with Crippen LogP contribution in [0, 0.1) is 17.6 Å². The van der Waals surface area contributed by atoms with Gasteiger partial charge in [0.05, 0.1) is 6.61 Å². The Morgan fingerprint density at radius 2 is 2.00 bits per heavy atom. The number of rotatable bonds is 6. The minimum atomic E-state index is -1.29. The molecule has 1 atom stereocenters. The Morgan fingerprint density at radius 3 is 2.56 bits per heavy atom. The van der Waals surface area contributed by atoms with Gasteiger partial charge in [-0.25, -0.2) is 8.78 Å². The molecular weight excluding hydrogens is 245 g/mol. The molecule has 0 bridgehead atoms. The van der Waals surface area contributed by atoms with Crippen molar-refractivity contribution in [2.75, 3.05) is 25.2 Å². The summed E-state index contributed by atoms with van der Waals surface area (Å²) in [5, 5.41) is 0. The number of pyridine rings is 1. The second-order valence-corrected chi connectivity index (χ2v) is 4.01. The highest BCUT2D eigenvalue weighted by Gasteiger charge is 2.20. The molecule has 102 valence electrons. The van der Waals surface area contributed by atoms with E-state index in [9.17, 15) is 13.2 Å². The van der Waals surface area contributed by atoms with Gasteiger partial charge in [-0.3, -0.25) is 0 Å². The number of aromatic nitrogens is 1. The fourth-order valence-electron chi connectivity index (χ4n) is 1.58. The molecule has 0 aliphatic carbocycles. The summed E-state index contributed by atoms with van der Waals surface area (Å²) in [4.78, 5) is 4.92. The van der Waals surface area contributed by atoms with Crippen LogP contribution in [0.3, 0.4) is 0 Å². The number of hydrogen-bond acceptors (Lipinski definition) is 3. The SMILES string of the molecule is CCC(C)N(CCOC)c1nc(F)c(F)cc1F. The molecule has 0 aromatic carbocycles. The Labute approximate surface area is 105 Å². The number of ether oxygens (including phenoxy) is 1. The van der Waals surface area contributed by atoms with Crippen LogP contribution in [0.2, 0.25) is 0 Å². The zero-order valence-corrected chi connectivity index (χ0v) is 10.7. The van der Waals surface area contributed by atoms with E-state index in [0.717, 1.165) is 6.42 Å². The van der Waals surface area contributed by atoms with E-state index in [0.29, 0.717) is 19.2 Å². The number of hydrogen-bond donors (Lipinski definition) is 0. The van der Waals surface area contributed by atoms with Gasteiger partial charge < -0.3 is 9.64 Å². The Kier molecular flexibility index (Phi) is 5.40. The topological polar surface area (TPSA) is 25.4 Å². The molecule has 1 unspecified atom stereocenters. The number of methoxy groups -OCH3 is 1. The van der Waals surface area contributed by atoms with Gasteiger partial charge in [-0.15, -0.1) is 0 Å². The van der Waals surface area contributed by atoms with Crippen molar-refractivity contribution >= 4 is 5.82 Å². The van der Waals surface area contributed by atoms with E-state index in [4.69, 9.17) is 4.74 Å². The van der Waals surface area contributed by atoms with Crippen molar-refractivity contribution < 1.29 is 17.9 Å². The van der Waals surface area contributed by atoms with E-state index in [2.05, 4.69) is 4.98 Å². The summed E-state index contributed by atoms with van der Waals surface area (Å²) in [5.41, 5.74) is 0. The van der Waals surface area contributed by atoms with Crippen LogP contribution in [-0.4, -0.2) is 31.3 Å². The molecule has 0 N–H and O–H groups in total. The lowest BCUT2D eigenvalue weighted by Crippen LogP contribution is -2.37. The molecule has 3 nitrogen and oxygen atoms in total. The van der Waals surface area contributed by atoms with Gasteiger partial charge in [0.1, 0.15) is 0 Å². The Balaban J connectivity index is 3.07. The average molecular weight is 262 g/mol. The molecule has 0 fully saturated rings. The summed E-state index contributed by atoms with van der Waals surface area (Å²) in [5.74, 6) is -3.63. The maximum absolute atomic E-state index is 13.7. The van der Waals surface area contributed by atoms with Crippen LogP contribution < -0.4 is 4.90 Å². The molecule has 0 spiro atoms. The molecule has 1 aromatic rings. The summed E-state index contributed by atoms with van der Waals surface area (Å²) in [6.45, 7) is 4.49. The first-order chi connectivity index (χ1) is 8.51. The monoisotopic (exact) mass is 262 g/mol. The van der Waals surface area contributed by atoms with Crippen molar-refractivity contribution in [2.24, 2.45) is 0 Å². The molecule has 0 saturated heterocycles. The van der Waals surface area contributed by atoms with Crippen LogP contribution in [-0.2, 0) is 4.74 Å². The van der Waals surface area contributed by atoms with Crippen molar-refractivity contribution in [3.8, 4) is 0 Å². The predicted molar refractivity (Wildman–Crippen MR) is 63.1 cm³/mol. The van der Waals surface area contributed by atoms with E-state index in [1.165, 1.54) is 7.11 Å². The quantitative estimate of drug-likeness (QED) is 0.737. The van der Waals surface area contributed by atoms with Gasteiger partial charge in [-0.2, -0.15) is 9.37 Å². The van der Waals surface area contributed by atoms with Crippen molar-refractivity contribution in [3.63, 3.8) is 0 Å². The molecule has 1 rings (SSSR count). The van der Waals surface area contributed by atoms with Gasteiger partial charge in [0.15, 0.2) is 17.5 Å².